The van der Waals surface area contributed by atoms with E-state index in [9.17, 15) is 4.39 Å². The molecule has 1 aliphatic rings. The Morgan fingerprint density at radius 2 is 2.03 bits per heavy atom. The quantitative estimate of drug-likeness (QED) is 0.547. The van der Waals surface area contributed by atoms with Gasteiger partial charge in [-0.25, -0.2) is 4.39 Å². The molecule has 2 aromatic rings. The minimum absolute atomic E-state index is 0.266. The number of ether oxygens (including phenoxy) is 2. The van der Waals surface area contributed by atoms with E-state index in [1.54, 1.807) is 33.5 Å². The van der Waals surface area contributed by atoms with E-state index in [2.05, 4.69) is 25.5 Å². The second-order valence-corrected chi connectivity index (χ2v) is 6.94. The minimum atomic E-state index is -0.323. The number of nitrogens with one attached hydrogen (secondary N) is 2. The van der Waals surface area contributed by atoms with Crippen molar-refractivity contribution in [2.45, 2.75) is 25.6 Å². The molecular formula is C21H28FN5O2. The number of rotatable bonds is 7. The molecule has 3 rings (SSSR count). The van der Waals surface area contributed by atoms with Crippen LogP contribution in [-0.4, -0.2) is 56.2 Å². The normalized spacial score (nSPS) is 17.2. The van der Waals surface area contributed by atoms with Gasteiger partial charge in [-0.05, 0) is 36.2 Å². The maximum absolute atomic E-state index is 13.7. The molecule has 1 fully saturated rings. The average Bonchev–Trinajstić information content (AvgIpc) is 3.18. The molecule has 1 aromatic carbocycles. The number of pyridine rings is 1. The van der Waals surface area contributed by atoms with Crippen LogP contribution >= 0.6 is 0 Å². The third-order valence-electron chi connectivity index (χ3n) is 4.91. The number of guanidine groups is 1. The van der Waals surface area contributed by atoms with Crippen LogP contribution < -0.4 is 20.1 Å². The van der Waals surface area contributed by atoms with Gasteiger partial charge in [0.15, 0.2) is 5.96 Å². The summed E-state index contributed by atoms with van der Waals surface area (Å²) in [4.78, 5) is 10.7. The molecule has 156 valence electrons. The van der Waals surface area contributed by atoms with Crippen LogP contribution in [0.25, 0.3) is 0 Å². The Bertz CT molecular complexity index is 823. The third kappa shape index (κ3) is 5.80. The second kappa shape index (κ2) is 10.1. The minimum Gasteiger partial charge on any atom is -0.497 e. The number of nitrogens with zero attached hydrogens (tertiary/aromatic N) is 3. The van der Waals surface area contributed by atoms with E-state index in [-0.39, 0.29) is 18.4 Å². The molecule has 0 radical (unpaired) electrons. The fraction of sp³-hybridized carbons (Fsp3) is 0.429. The van der Waals surface area contributed by atoms with Crippen LogP contribution in [0.4, 0.5) is 4.39 Å². The summed E-state index contributed by atoms with van der Waals surface area (Å²) in [6.07, 6.45) is 2.58. The molecule has 0 saturated carbocycles. The summed E-state index contributed by atoms with van der Waals surface area (Å²) in [7, 11) is 5.02. The highest BCUT2D eigenvalue weighted by atomic mass is 19.1. The van der Waals surface area contributed by atoms with E-state index >= 15 is 0 Å². The van der Waals surface area contributed by atoms with Crippen molar-refractivity contribution in [3.05, 3.63) is 53.6 Å². The van der Waals surface area contributed by atoms with Crippen LogP contribution in [-0.2, 0) is 13.1 Å². The van der Waals surface area contributed by atoms with Crippen molar-refractivity contribution in [2.75, 3.05) is 34.4 Å². The van der Waals surface area contributed by atoms with Crippen molar-refractivity contribution < 1.29 is 13.9 Å². The standard InChI is InChI=1S/C21H28FN5O2/c1-23-21(25-12-20-19(22)5-4-7-24-20)26-16-6-8-27(14-16)13-15-9-17(28-2)11-18(10-15)29-3/h4-5,7,9-11,16H,6,8,12-14H2,1-3H3,(H2,23,25,26). The van der Waals surface area contributed by atoms with Gasteiger partial charge in [-0.1, -0.05) is 0 Å². The van der Waals surface area contributed by atoms with Crippen LogP contribution in [0.2, 0.25) is 0 Å². The van der Waals surface area contributed by atoms with Gasteiger partial charge in [0.05, 0.1) is 26.5 Å². The summed E-state index contributed by atoms with van der Waals surface area (Å²) in [6.45, 7) is 2.96. The van der Waals surface area contributed by atoms with Crippen LogP contribution in [0.3, 0.4) is 0 Å². The maximum Gasteiger partial charge on any atom is 0.191 e. The summed E-state index contributed by atoms with van der Waals surface area (Å²) < 4.78 is 24.4. The lowest BCUT2D eigenvalue weighted by molar-refractivity contribution is 0.321. The Morgan fingerprint density at radius 1 is 1.28 bits per heavy atom. The lowest BCUT2D eigenvalue weighted by Crippen LogP contribution is -2.44. The molecular weight excluding hydrogens is 373 g/mol. The molecule has 1 aromatic heterocycles. The highest BCUT2D eigenvalue weighted by Crippen LogP contribution is 2.24. The Labute approximate surface area is 170 Å². The molecule has 1 unspecified atom stereocenters. The zero-order chi connectivity index (χ0) is 20.6. The summed E-state index contributed by atoms with van der Waals surface area (Å²) in [5, 5.41) is 6.55. The predicted molar refractivity (Wildman–Crippen MR) is 111 cm³/mol. The highest BCUT2D eigenvalue weighted by molar-refractivity contribution is 5.79. The first kappa shape index (κ1) is 20.9. The lowest BCUT2D eigenvalue weighted by Gasteiger charge is -2.19. The molecule has 1 aliphatic heterocycles. The molecule has 1 atom stereocenters. The van der Waals surface area contributed by atoms with E-state index in [0.717, 1.165) is 43.1 Å². The second-order valence-electron chi connectivity index (χ2n) is 6.94. The lowest BCUT2D eigenvalue weighted by atomic mass is 10.2. The van der Waals surface area contributed by atoms with Gasteiger partial charge < -0.3 is 20.1 Å². The summed E-state index contributed by atoms with van der Waals surface area (Å²) in [5.41, 5.74) is 1.52. The fourth-order valence-electron chi connectivity index (χ4n) is 3.41. The fourth-order valence-corrected chi connectivity index (χ4v) is 3.41. The van der Waals surface area contributed by atoms with Crippen LogP contribution in [0.5, 0.6) is 11.5 Å². The summed E-state index contributed by atoms with van der Waals surface area (Å²) in [6, 6.07) is 9.19. The SMILES string of the molecule is CN=C(NCc1ncccc1F)NC1CCN(Cc2cc(OC)cc(OC)c2)C1. The first-order valence-electron chi connectivity index (χ1n) is 9.62. The van der Waals surface area contributed by atoms with Crippen LogP contribution in [0.1, 0.15) is 17.7 Å². The van der Waals surface area contributed by atoms with Gasteiger partial charge in [-0.15, -0.1) is 0 Å². The van der Waals surface area contributed by atoms with E-state index in [4.69, 9.17) is 9.47 Å². The van der Waals surface area contributed by atoms with Crippen LogP contribution in [0.15, 0.2) is 41.5 Å². The number of likely N-dealkylation sites (tertiary alicyclic amines) is 1. The average molecular weight is 401 g/mol. The van der Waals surface area contributed by atoms with E-state index in [0.29, 0.717) is 11.7 Å². The first-order chi connectivity index (χ1) is 14.1. The molecule has 0 amide bonds. The Hall–Kier alpha value is -2.87. The molecule has 2 heterocycles. The summed E-state index contributed by atoms with van der Waals surface area (Å²) >= 11 is 0. The zero-order valence-electron chi connectivity index (χ0n) is 17.1. The van der Waals surface area contributed by atoms with Gasteiger partial charge in [0, 0.05) is 45.0 Å². The third-order valence-corrected chi connectivity index (χ3v) is 4.91. The number of benzene rings is 1. The monoisotopic (exact) mass is 401 g/mol. The smallest absolute Gasteiger partial charge is 0.191 e. The Balaban J connectivity index is 1.52. The summed E-state index contributed by atoms with van der Waals surface area (Å²) in [5.74, 6) is 1.90. The van der Waals surface area contributed by atoms with E-state index < -0.39 is 0 Å². The largest absolute Gasteiger partial charge is 0.497 e. The molecule has 8 heteroatoms. The van der Waals surface area contributed by atoms with E-state index in [1.165, 1.54) is 6.07 Å². The van der Waals surface area contributed by atoms with Gasteiger partial charge in [-0.2, -0.15) is 0 Å². The van der Waals surface area contributed by atoms with Gasteiger partial charge in [-0.3, -0.25) is 14.9 Å². The Kier molecular flexibility index (Phi) is 7.24. The molecule has 1 saturated heterocycles. The zero-order valence-corrected chi connectivity index (χ0v) is 17.1. The molecule has 2 N–H and O–H groups in total. The number of aromatic nitrogens is 1. The maximum atomic E-state index is 13.7. The topological polar surface area (TPSA) is 71.0 Å². The number of hydrogen-bond acceptors (Lipinski definition) is 5. The molecule has 0 aliphatic carbocycles. The molecule has 29 heavy (non-hydrogen) atoms. The van der Waals surface area contributed by atoms with Crippen molar-refractivity contribution in [3.63, 3.8) is 0 Å². The van der Waals surface area contributed by atoms with Crippen molar-refractivity contribution in [3.8, 4) is 11.5 Å². The van der Waals surface area contributed by atoms with Gasteiger partial charge in [0.1, 0.15) is 17.3 Å². The van der Waals surface area contributed by atoms with Gasteiger partial charge in [0.2, 0.25) is 0 Å². The predicted octanol–water partition coefficient (Wildman–Crippen LogP) is 2.18. The molecule has 0 bridgehead atoms. The van der Waals surface area contributed by atoms with Crippen molar-refractivity contribution in [1.29, 1.82) is 0 Å². The van der Waals surface area contributed by atoms with Gasteiger partial charge in [0.25, 0.3) is 0 Å². The number of halogens is 1. The van der Waals surface area contributed by atoms with Crippen molar-refractivity contribution in [2.24, 2.45) is 4.99 Å². The molecule has 7 nitrogen and oxygen atoms in total. The highest BCUT2D eigenvalue weighted by Gasteiger charge is 2.23. The number of methoxy groups -OCH3 is 2. The first-order valence-corrected chi connectivity index (χ1v) is 9.62. The molecule has 0 spiro atoms. The van der Waals surface area contributed by atoms with Crippen molar-refractivity contribution in [1.82, 2.24) is 20.5 Å². The number of aliphatic imine (C=N–C) groups is 1. The van der Waals surface area contributed by atoms with Gasteiger partial charge >= 0.3 is 0 Å². The van der Waals surface area contributed by atoms with Crippen LogP contribution in [0, 0.1) is 5.82 Å². The van der Waals surface area contributed by atoms with Crippen molar-refractivity contribution >= 4 is 5.96 Å². The van der Waals surface area contributed by atoms with E-state index in [1.807, 2.05) is 18.2 Å². The Morgan fingerprint density at radius 3 is 2.69 bits per heavy atom. The number of hydrogen-bond donors (Lipinski definition) is 2.